The Kier molecular flexibility index (Phi) is 3.90. The maximum atomic E-state index is 13.2. The fraction of sp³-hybridized carbons (Fsp3) is 0.529. The number of halogens is 3. The molecule has 0 saturated heterocycles. The van der Waals surface area contributed by atoms with Gasteiger partial charge in [-0.15, -0.1) is 0 Å². The Bertz CT molecular complexity index is 721. The van der Waals surface area contributed by atoms with Gasteiger partial charge in [0.15, 0.2) is 5.78 Å². The Morgan fingerprint density at radius 2 is 1.91 bits per heavy atom. The lowest BCUT2D eigenvalue weighted by Gasteiger charge is -2.39. The highest BCUT2D eigenvalue weighted by Crippen LogP contribution is 2.72. The first kappa shape index (κ1) is 17.2. The van der Waals surface area contributed by atoms with Gasteiger partial charge in [-0.3, -0.25) is 9.59 Å². The molecule has 2 aliphatic rings. The average Bonchev–Trinajstić information content (AvgIpc) is 2.74. The summed E-state index contributed by atoms with van der Waals surface area (Å²) in [7, 11) is 0. The van der Waals surface area contributed by atoms with Crippen molar-refractivity contribution in [3.05, 3.63) is 28.2 Å². The maximum Gasteiger partial charge on any atom is 0.232 e. The van der Waals surface area contributed by atoms with Gasteiger partial charge in [-0.1, -0.05) is 59.9 Å². The van der Waals surface area contributed by atoms with Crippen LogP contribution in [0.4, 0.5) is 5.69 Å². The molecule has 0 heterocycles. The Morgan fingerprint density at radius 1 is 1.26 bits per heavy atom. The van der Waals surface area contributed by atoms with E-state index in [1.54, 1.807) is 18.2 Å². The first-order valence-electron chi connectivity index (χ1n) is 7.53. The first-order valence-corrected chi connectivity index (χ1v) is 9.20. The number of carbonyl (C=O) groups excluding carboxylic acids is 2. The molecule has 0 radical (unpaired) electrons. The topological polar surface area (TPSA) is 46.2 Å². The van der Waals surface area contributed by atoms with Crippen molar-refractivity contribution in [2.24, 2.45) is 16.2 Å². The number of anilines is 1. The lowest BCUT2D eigenvalue weighted by Crippen LogP contribution is -2.48. The zero-order chi connectivity index (χ0) is 17.2. The molecule has 1 amide bonds. The van der Waals surface area contributed by atoms with Crippen LogP contribution < -0.4 is 5.32 Å². The predicted molar refractivity (Wildman–Crippen MR) is 96.4 cm³/mol. The standard InChI is InChI=1S/C17H18BrCl2NO2/c1-15(2)16(3)6-7-17(15,12(18)13(16)22)14(23)21-11-5-4-9(19)8-10(11)20/h4-5,8,12H,6-7H2,1-3H3,(H,21,23)/t12-,16+,17-/m1/s1. The number of hydrogen-bond acceptors (Lipinski definition) is 2. The van der Waals surface area contributed by atoms with Crippen molar-refractivity contribution < 1.29 is 9.59 Å². The largest absolute Gasteiger partial charge is 0.324 e. The third-order valence-corrected chi connectivity index (χ3v) is 8.05. The van der Waals surface area contributed by atoms with Gasteiger partial charge in [0, 0.05) is 10.4 Å². The SMILES string of the molecule is CC1(C)[C@@]2(C)CC[C@]1(C(=O)Nc1ccc(Cl)cc1Cl)[C@H](Br)C2=O. The Labute approximate surface area is 154 Å². The summed E-state index contributed by atoms with van der Waals surface area (Å²) in [5.74, 6) is -0.0470. The minimum Gasteiger partial charge on any atom is -0.324 e. The van der Waals surface area contributed by atoms with Gasteiger partial charge in [0.1, 0.15) is 0 Å². The lowest BCUT2D eigenvalue weighted by atomic mass is 9.64. The Morgan fingerprint density at radius 3 is 2.43 bits per heavy atom. The summed E-state index contributed by atoms with van der Waals surface area (Å²) in [6, 6.07) is 4.95. The molecule has 2 aliphatic carbocycles. The number of rotatable bonds is 2. The second-order valence-electron chi connectivity index (χ2n) is 7.23. The van der Waals surface area contributed by atoms with E-state index in [-0.39, 0.29) is 11.7 Å². The van der Waals surface area contributed by atoms with Gasteiger partial charge in [0.25, 0.3) is 0 Å². The van der Waals surface area contributed by atoms with E-state index in [1.165, 1.54) is 0 Å². The van der Waals surface area contributed by atoms with Crippen molar-refractivity contribution >= 4 is 56.5 Å². The van der Waals surface area contributed by atoms with E-state index >= 15 is 0 Å². The Balaban J connectivity index is 2.00. The van der Waals surface area contributed by atoms with Crippen molar-refractivity contribution in [2.45, 2.75) is 38.4 Å². The molecule has 0 unspecified atom stereocenters. The minimum atomic E-state index is -0.776. The van der Waals surface area contributed by atoms with Crippen LogP contribution in [0.25, 0.3) is 0 Å². The van der Waals surface area contributed by atoms with Crippen LogP contribution in [0.15, 0.2) is 18.2 Å². The number of amides is 1. The first-order chi connectivity index (χ1) is 10.6. The molecule has 2 fully saturated rings. The van der Waals surface area contributed by atoms with Gasteiger partial charge in [-0.05, 0) is 36.5 Å². The number of fused-ring (bicyclic) bond motifs is 2. The van der Waals surface area contributed by atoms with E-state index in [1.807, 2.05) is 20.8 Å². The maximum absolute atomic E-state index is 13.2. The molecule has 0 aromatic heterocycles. The van der Waals surface area contributed by atoms with Crippen LogP contribution in [-0.2, 0) is 9.59 Å². The average molecular weight is 419 g/mol. The van der Waals surface area contributed by atoms with Gasteiger partial charge in [0.05, 0.1) is 21.0 Å². The second-order valence-corrected chi connectivity index (χ2v) is 8.99. The molecule has 3 atom stereocenters. The molecular weight excluding hydrogens is 401 g/mol. The third kappa shape index (κ3) is 2.01. The highest BCUT2D eigenvalue weighted by Gasteiger charge is 2.76. The van der Waals surface area contributed by atoms with E-state index in [0.29, 0.717) is 22.2 Å². The minimum absolute atomic E-state index is 0.117. The number of carbonyl (C=O) groups is 2. The van der Waals surface area contributed by atoms with Crippen molar-refractivity contribution in [1.82, 2.24) is 0 Å². The highest BCUT2D eigenvalue weighted by molar-refractivity contribution is 9.10. The van der Waals surface area contributed by atoms with Crippen molar-refractivity contribution in [3.63, 3.8) is 0 Å². The number of hydrogen-bond donors (Lipinski definition) is 1. The summed E-state index contributed by atoms with van der Waals surface area (Å²) >= 11 is 15.6. The number of alkyl halides is 1. The zero-order valence-corrected chi connectivity index (χ0v) is 16.3. The molecule has 1 aromatic rings. The molecule has 2 bridgehead atoms. The van der Waals surface area contributed by atoms with Crippen LogP contribution in [-0.4, -0.2) is 16.5 Å². The van der Waals surface area contributed by atoms with E-state index in [2.05, 4.69) is 21.2 Å². The van der Waals surface area contributed by atoms with Crippen molar-refractivity contribution in [2.75, 3.05) is 5.32 Å². The molecule has 2 saturated carbocycles. The number of ketones is 1. The van der Waals surface area contributed by atoms with Crippen molar-refractivity contribution in [1.29, 1.82) is 0 Å². The molecule has 1 aromatic carbocycles. The fourth-order valence-electron chi connectivity index (χ4n) is 4.28. The van der Waals surface area contributed by atoms with Crippen LogP contribution in [0.2, 0.25) is 10.0 Å². The molecular formula is C17H18BrCl2NO2. The molecule has 6 heteroatoms. The summed E-state index contributed by atoms with van der Waals surface area (Å²) in [6.07, 6.45) is 1.40. The van der Waals surface area contributed by atoms with Crippen LogP contribution in [0.3, 0.4) is 0 Å². The van der Waals surface area contributed by atoms with Crippen LogP contribution in [0.5, 0.6) is 0 Å². The summed E-state index contributed by atoms with van der Waals surface area (Å²) < 4.78 is 0. The van der Waals surface area contributed by atoms with Crippen LogP contribution in [0, 0.1) is 16.2 Å². The van der Waals surface area contributed by atoms with Gasteiger partial charge in [-0.2, -0.15) is 0 Å². The van der Waals surface area contributed by atoms with E-state index in [4.69, 9.17) is 23.2 Å². The normalized spacial score (nSPS) is 34.7. The molecule has 0 aliphatic heterocycles. The van der Waals surface area contributed by atoms with Crippen molar-refractivity contribution in [3.8, 4) is 0 Å². The third-order valence-electron chi connectivity index (χ3n) is 6.31. The number of Topliss-reactive ketones (excluding diaryl/α,β-unsaturated/α-hetero) is 1. The Hall–Kier alpha value is -0.580. The van der Waals surface area contributed by atoms with Gasteiger partial charge >= 0.3 is 0 Å². The molecule has 3 nitrogen and oxygen atoms in total. The van der Waals surface area contributed by atoms with Gasteiger partial charge < -0.3 is 5.32 Å². The molecule has 23 heavy (non-hydrogen) atoms. The molecule has 1 N–H and O–H groups in total. The van der Waals surface area contributed by atoms with E-state index in [9.17, 15) is 9.59 Å². The monoisotopic (exact) mass is 417 g/mol. The molecule has 124 valence electrons. The molecule has 3 rings (SSSR count). The van der Waals surface area contributed by atoms with Crippen LogP contribution >= 0.6 is 39.1 Å². The number of benzene rings is 1. The fourth-order valence-corrected chi connectivity index (χ4v) is 6.25. The highest BCUT2D eigenvalue weighted by atomic mass is 79.9. The smallest absolute Gasteiger partial charge is 0.232 e. The second kappa shape index (κ2) is 5.21. The summed E-state index contributed by atoms with van der Waals surface area (Å²) in [5, 5.41) is 3.80. The zero-order valence-electron chi connectivity index (χ0n) is 13.2. The van der Waals surface area contributed by atoms with Gasteiger partial charge in [0.2, 0.25) is 5.91 Å². The summed E-state index contributed by atoms with van der Waals surface area (Å²) in [5.41, 5.74) is -1.18. The van der Waals surface area contributed by atoms with E-state index in [0.717, 1.165) is 6.42 Å². The van der Waals surface area contributed by atoms with E-state index < -0.39 is 21.1 Å². The summed E-state index contributed by atoms with van der Waals surface area (Å²) in [6.45, 7) is 6.01. The molecule has 0 spiro atoms. The van der Waals surface area contributed by atoms with Gasteiger partial charge in [-0.25, -0.2) is 0 Å². The summed E-state index contributed by atoms with van der Waals surface area (Å²) in [4.78, 5) is 25.4. The van der Waals surface area contributed by atoms with Crippen LogP contribution in [0.1, 0.15) is 33.6 Å². The predicted octanol–water partition coefficient (Wildman–Crippen LogP) is 5.09. The number of nitrogens with one attached hydrogen (secondary N) is 1. The lowest BCUT2D eigenvalue weighted by molar-refractivity contribution is -0.130. The quantitative estimate of drug-likeness (QED) is 0.679.